The monoisotopic (exact) mass is 329 g/mol. The molecule has 24 heavy (non-hydrogen) atoms. The van der Waals surface area contributed by atoms with E-state index in [0.717, 1.165) is 22.4 Å². The summed E-state index contributed by atoms with van der Waals surface area (Å²) in [6, 6.07) is 8.79. The summed E-state index contributed by atoms with van der Waals surface area (Å²) in [7, 11) is 0. The maximum atomic E-state index is 12.8. The van der Waals surface area contributed by atoms with E-state index in [1.54, 1.807) is 0 Å². The number of carbonyl (C=O) groups is 2. The Hall–Kier alpha value is -2.89. The Balaban J connectivity index is 1.87. The van der Waals surface area contributed by atoms with Crippen LogP contribution in [0.1, 0.15) is 16.7 Å². The fourth-order valence-electron chi connectivity index (χ4n) is 2.43. The van der Waals surface area contributed by atoms with Crippen LogP contribution in [0.4, 0.5) is 20.6 Å². The van der Waals surface area contributed by atoms with Crippen LogP contribution in [-0.4, -0.2) is 18.5 Å². The summed E-state index contributed by atoms with van der Waals surface area (Å²) in [5, 5.41) is 7.78. The first-order valence-corrected chi connectivity index (χ1v) is 7.53. The van der Waals surface area contributed by atoms with Crippen LogP contribution in [0.15, 0.2) is 36.4 Å². The summed E-state index contributed by atoms with van der Waals surface area (Å²) in [6.45, 7) is 5.67. The molecule has 126 valence electrons. The standard InChI is InChI=1S/C18H20FN3O2/c1-11-8-12(2)17(13(3)9-11)22-16(23)10-20-18(24)21-15-6-4-14(19)5-7-15/h4-9H,10H2,1-3H3,(H,22,23)(H2,20,21,24). The number of rotatable bonds is 4. The number of hydrogen-bond donors (Lipinski definition) is 3. The first-order chi connectivity index (χ1) is 11.3. The molecule has 0 aliphatic rings. The number of anilines is 2. The van der Waals surface area contributed by atoms with Crippen molar-refractivity contribution in [3.63, 3.8) is 0 Å². The molecule has 2 aromatic carbocycles. The maximum absolute atomic E-state index is 12.8. The van der Waals surface area contributed by atoms with Gasteiger partial charge in [0.25, 0.3) is 0 Å². The quantitative estimate of drug-likeness (QED) is 0.803. The molecule has 6 heteroatoms. The topological polar surface area (TPSA) is 70.2 Å². The van der Waals surface area contributed by atoms with Crippen molar-refractivity contribution in [3.05, 3.63) is 58.9 Å². The zero-order valence-electron chi connectivity index (χ0n) is 13.9. The van der Waals surface area contributed by atoms with Crippen LogP contribution < -0.4 is 16.0 Å². The van der Waals surface area contributed by atoms with E-state index in [4.69, 9.17) is 0 Å². The van der Waals surface area contributed by atoms with Crippen molar-refractivity contribution in [1.29, 1.82) is 0 Å². The van der Waals surface area contributed by atoms with Gasteiger partial charge in [-0.2, -0.15) is 0 Å². The lowest BCUT2D eigenvalue weighted by atomic mass is 10.1. The van der Waals surface area contributed by atoms with Crippen LogP contribution in [0.3, 0.4) is 0 Å². The lowest BCUT2D eigenvalue weighted by molar-refractivity contribution is -0.115. The second kappa shape index (κ2) is 7.59. The van der Waals surface area contributed by atoms with Crippen molar-refractivity contribution in [2.75, 3.05) is 17.2 Å². The number of nitrogens with one attached hydrogen (secondary N) is 3. The van der Waals surface area contributed by atoms with Gasteiger partial charge in [0, 0.05) is 11.4 Å². The summed E-state index contributed by atoms with van der Waals surface area (Å²) in [5.41, 5.74) is 4.26. The van der Waals surface area contributed by atoms with Gasteiger partial charge in [0.1, 0.15) is 5.82 Å². The highest BCUT2D eigenvalue weighted by Crippen LogP contribution is 2.21. The van der Waals surface area contributed by atoms with E-state index in [0.29, 0.717) is 5.69 Å². The number of urea groups is 1. The smallest absolute Gasteiger partial charge is 0.319 e. The second-order valence-electron chi connectivity index (χ2n) is 5.64. The highest BCUT2D eigenvalue weighted by atomic mass is 19.1. The summed E-state index contributed by atoms with van der Waals surface area (Å²) < 4.78 is 12.8. The van der Waals surface area contributed by atoms with Crippen LogP contribution in [0.5, 0.6) is 0 Å². The molecule has 0 radical (unpaired) electrons. The van der Waals surface area contributed by atoms with E-state index in [2.05, 4.69) is 16.0 Å². The molecule has 5 nitrogen and oxygen atoms in total. The highest BCUT2D eigenvalue weighted by molar-refractivity contribution is 5.97. The average molecular weight is 329 g/mol. The molecule has 0 bridgehead atoms. The average Bonchev–Trinajstić information content (AvgIpc) is 2.51. The summed E-state index contributed by atoms with van der Waals surface area (Å²) in [5.74, 6) is -0.705. The number of carbonyl (C=O) groups excluding carboxylic acids is 2. The van der Waals surface area contributed by atoms with Gasteiger partial charge < -0.3 is 16.0 Å². The van der Waals surface area contributed by atoms with Crippen LogP contribution in [0.2, 0.25) is 0 Å². The van der Waals surface area contributed by atoms with Crippen molar-refractivity contribution >= 4 is 23.3 Å². The van der Waals surface area contributed by atoms with E-state index >= 15 is 0 Å². The first kappa shape index (κ1) is 17.5. The highest BCUT2D eigenvalue weighted by Gasteiger charge is 2.10. The van der Waals surface area contributed by atoms with E-state index in [1.165, 1.54) is 24.3 Å². The molecule has 2 rings (SSSR count). The lowest BCUT2D eigenvalue weighted by Crippen LogP contribution is -2.36. The third kappa shape index (κ3) is 4.81. The Bertz CT molecular complexity index is 734. The van der Waals surface area contributed by atoms with Gasteiger partial charge in [-0.25, -0.2) is 9.18 Å². The largest absolute Gasteiger partial charge is 0.329 e. The van der Waals surface area contributed by atoms with E-state index in [-0.39, 0.29) is 18.3 Å². The summed E-state index contributed by atoms with van der Waals surface area (Å²) in [6.07, 6.45) is 0. The second-order valence-corrected chi connectivity index (χ2v) is 5.64. The minimum atomic E-state index is -0.533. The Morgan fingerprint density at radius 2 is 1.54 bits per heavy atom. The summed E-state index contributed by atoms with van der Waals surface area (Å²) >= 11 is 0. The lowest BCUT2D eigenvalue weighted by Gasteiger charge is -2.13. The predicted octanol–water partition coefficient (Wildman–Crippen LogP) is 3.51. The molecule has 0 aliphatic heterocycles. The fourth-order valence-corrected chi connectivity index (χ4v) is 2.43. The molecule has 0 aromatic heterocycles. The molecule has 3 amide bonds. The van der Waals surface area contributed by atoms with Crippen LogP contribution in [0, 0.1) is 26.6 Å². The van der Waals surface area contributed by atoms with Gasteiger partial charge in [-0.05, 0) is 56.2 Å². The molecule has 3 N–H and O–H groups in total. The molecule has 0 unspecified atom stereocenters. The van der Waals surface area contributed by atoms with Crippen LogP contribution in [-0.2, 0) is 4.79 Å². The number of aryl methyl sites for hydroxylation is 3. The van der Waals surface area contributed by atoms with E-state index < -0.39 is 6.03 Å². The summed E-state index contributed by atoms with van der Waals surface area (Å²) in [4.78, 5) is 23.7. The molecule has 2 aromatic rings. The molecule has 0 aliphatic carbocycles. The minimum Gasteiger partial charge on any atom is -0.329 e. The molecule has 0 saturated heterocycles. The Kier molecular flexibility index (Phi) is 5.52. The SMILES string of the molecule is Cc1cc(C)c(NC(=O)CNC(=O)Nc2ccc(F)cc2)c(C)c1. The maximum Gasteiger partial charge on any atom is 0.319 e. The third-order valence-electron chi connectivity index (χ3n) is 3.45. The fraction of sp³-hybridized carbons (Fsp3) is 0.222. The Morgan fingerprint density at radius 1 is 0.958 bits per heavy atom. The van der Waals surface area contributed by atoms with Crippen molar-refractivity contribution < 1.29 is 14.0 Å². The van der Waals surface area contributed by atoms with Crippen LogP contribution in [0.25, 0.3) is 0 Å². The number of amides is 3. The number of benzene rings is 2. The first-order valence-electron chi connectivity index (χ1n) is 7.53. The van der Waals surface area contributed by atoms with Crippen LogP contribution >= 0.6 is 0 Å². The Morgan fingerprint density at radius 3 is 2.12 bits per heavy atom. The number of halogens is 1. The van der Waals surface area contributed by atoms with Gasteiger partial charge in [-0.3, -0.25) is 4.79 Å². The normalized spacial score (nSPS) is 10.2. The predicted molar refractivity (Wildman–Crippen MR) is 92.7 cm³/mol. The third-order valence-corrected chi connectivity index (χ3v) is 3.45. The van der Waals surface area contributed by atoms with Gasteiger partial charge in [-0.1, -0.05) is 17.7 Å². The molecular weight excluding hydrogens is 309 g/mol. The van der Waals surface area contributed by atoms with Crippen molar-refractivity contribution in [2.24, 2.45) is 0 Å². The molecule has 0 spiro atoms. The van der Waals surface area contributed by atoms with Gasteiger partial charge in [0.15, 0.2) is 0 Å². The Labute approximate surface area is 140 Å². The number of hydrogen-bond acceptors (Lipinski definition) is 2. The zero-order chi connectivity index (χ0) is 17.7. The van der Waals surface area contributed by atoms with Gasteiger partial charge >= 0.3 is 6.03 Å². The minimum absolute atomic E-state index is 0.167. The zero-order valence-corrected chi connectivity index (χ0v) is 13.9. The van der Waals surface area contributed by atoms with E-state index in [1.807, 2.05) is 32.9 Å². The van der Waals surface area contributed by atoms with Gasteiger partial charge in [0.05, 0.1) is 6.54 Å². The molecule has 0 atom stereocenters. The van der Waals surface area contributed by atoms with Crippen molar-refractivity contribution in [3.8, 4) is 0 Å². The molecule has 0 fully saturated rings. The molecular formula is C18H20FN3O2. The van der Waals surface area contributed by atoms with Crippen molar-refractivity contribution in [1.82, 2.24) is 5.32 Å². The van der Waals surface area contributed by atoms with Gasteiger partial charge in [-0.15, -0.1) is 0 Å². The molecule has 0 heterocycles. The van der Waals surface area contributed by atoms with Crippen molar-refractivity contribution in [2.45, 2.75) is 20.8 Å². The van der Waals surface area contributed by atoms with E-state index in [9.17, 15) is 14.0 Å². The van der Waals surface area contributed by atoms with Gasteiger partial charge in [0.2, 0.25) is 5.91 Å². The molecule has 0 saturated carbocycles.